The maximum Gasteiger partial charge on any atom is 0.331 e. The summed E-state index contributed by atoms with van der Waals surface area (Å²) in [5.74, 6) is -0.948. The Morgan fingerprint density at radius 1 is 1.21 bits per heavy atom. The zero-order valence-electron chi connectivity index (χ0n) is 14.0. The molecule has 0 aromatic heterocycles. The molecule has 1 N–H and O–H groups in total. The lowest BCUT2D eigenvalue weighted by Gasteiger charge is -2.35. The normalized spacial score (nSPS) is 17.1. The Morgan fingerprint density at radius 2 is 1.88 bits per heavy atom. The van der Waals surface area contributed by atoms with Crippen LogP contribution in [-0.2, 0) is 25.1 Å². The molecule has 1 aliphatic carbocycles. The number of carbonyl (C=O) groups excluding carboxylic acids is 2. The first-order chi connectivity index (χ1) is 11.3. The highest BCUT2D eigenvalue weighted by atomic mass is 32.2. The lowest BCUT2D eigenvalue weighted by atomic mass is 9.81. The van der Waals surface area contributed by atoms with Crippen molar-refractivity contribution in [3.63, 3.8) is 0 Å². The zero-order valence-corrected chi connectivity index (χ0v) is 14.8. The first kappa shape index (κ1) is 18.4. The number of sulfone groups is 1. The molecule has 0 unspecified atom stereocenters. The van der Waals surface area contributed by atoms with E-state index in [0.717, 1.165) is 25.5 Å². The molecule has 0 radical (unpaired) electrons. The van der Waals surface area contributed by atoms with E-state index in [1.807, 2.05) is 0 Å². The van der Waals surface area contributed by atoms with E-state index in [0.29, 0.717) is 24.0 Å². The molecule has 1 aliphatic rings. The number of methoxy groups -OCH3 is 1. The minimum absolute atomic E-state index is 0.129. The van der Waals surface area contributed by atoms with Crippen LogP contribution in [0.4, 0.5) is 0 Å². The summed E-state index contributed by atoms with van der Waals surface area (Å²) in [4.78, 5) is 24.8. The molecule has 1 fully saturated rings. The lowest BCUT2D eigenvalue weighted by Crippen LogP contribution is -2.56. The van der Waals surface area contributed by atoms with Gasteiger partial charge in [-0.15, -0.1) is 0 Å². The Hall–Kier alpha value is -1.89. The Morgan fingerprint density at radius 3 is 2.46 bits per heavy atom. The number of carbonyl (C=O) groups is 2. The minimum Gasteiger partial charge on any atom is -0.467 e. The monoisotopic (exact) mass is 353 g/mol. The number of amides is 1. The van der Waals surface area contributed by atoms with Crippen LogP contribution in [0.15, 0.2) is 24.3 Å². The van der Waals surface area contributed by atoms with Crippen molar-refractivity contribution in [2.45, 2.75) is 43.4 Å². The molecule has 0 saturated heterocycles. The Bertz CT molecular complexity index is 720. The van der Waals surface area contributed by atoms with E-state index in [4.69, 9.17) is 4.74 Å². The Balaban J connectivity index is 2.21. The van der Waals surface area contributed by atoms with Crippen molar-refractivity contribution in [1.29, 1.82) is 0 Å². The second-order valence-electron chi connectivity index (χ2n) is 6.36. The molecule has 24 heavy (non-hydrogen) atoms. The Labute approximate surface area is 142 Å². The summed E-state index contributed by atoms with van der Waals surface area (Å²) in [7, 11) is -1.87. The number of hydrogen-bond donors (Lipinski definition) is 1. The van der Waals surface area contributed by atoms with Gasteiger partial charge in [0.05, 0.1) is 12.9 Å². The van der Waals surface area contributed by atoms with Crippen molar-refractivity contribution in [2.75, 3.05) is 13.4 Å². The van der Waals surface area contributed by atoms with E-state index < -0.39 is 27.3 Å². The topological polar surface area (TPSA) is 89.5 Å². The van der Waals surface area contributed by atoms with Gasteiger partial charge < -0.3 is 10.1 Å². The lowest BCUT2D eigenvalue weighted by molar-refractivity contribution is -0.149. The van der Waals surface area contributed by atoms with Crippen molar-refractivity contribution in [3.05, 3.63) is 35.4 Å². The highest BCUT2D eigenvalue weighted by molar-refractivity contribution is 7.89. The molecule has 0 spiro atoms. The van der Waals surface area contributed by atoms with Gasteiger partial charge in [0.1, 0.15) is 5.54 Å². The van der Waals surface area contributed by atoms with Crippen LogP contribution in [0.5, 0.6) is 0 Å². The van der Waals surface area contributed by atoms with Gasteiger partial charge in [0.25, 0.3) is 5.91 Å². The SMILES string of the molecule is COC(=O)C1(NC(=O)c2cccc(CS(C)(=O)=O)c2)CCCCC1. The van der Waals surface area contributed by atoms with Crippen LogP contribution < -0.4 is 5.32 Å². The number of hydrogen-bond acceptors (Lipinski definition) is 5. The van der Waals surface area contributed by atoms with E-state index >= 15 is 0 Å². The predicted octanol–water partition coefficient (Wildman–Crippen LogP) is 1.84. The number of rotatable bonds is 5. The largest absolute Gasteiger partial charge is 0.467 e. The molecule has 1 aromatic rings. The summed E-state index contributed by atoms with van der Waals surface area (Å²) in [5, 5.41) is 2.83. The Kier molecular flexibility index (Phi) is 5.64. The fourth-order valence-corrected chi connectivity index (χ4v) is 3.91. The quantitative estimate of drug-likeness (QED) is 0.816. The summed E-state index contributed by atoms with van der Waals surface area (Å²) in [6.45, 7) is 0. The standard InChI is InChI=1S/C17H23NO5S/c1-23-16(20)17(9-4-3-5-10-17)18-15(19)14-8-6-7-13(11-14)12-24(2,21)22/h6-8,11H,3-5,9-10,12H2,1-2H3,(H,18,19). The van der Waals surface area contributed by atoms with Crippen molar-refractivity contribution in [1.82, 2.24) is 5.32 Å². The maximum atomic E-state index is 12.6. The molecule has 0 heterocycles. The third-order valence-corrected chi connectivity index (χ3v) is 5.11. The van der Waals surface area contributed by atoms with E-state index in [1.165, 1.54) is 7.11 Å². The summed E-state index contributed by atoms with van der Waals surface area (Å²) in [6, 6.07) is 6.45. The molecule has 1 saturated carbocycles. The second-order valence-corrected chi connectivity index (χ2v) is 8.50. The van der Waals surface area contributed by atoms with Gasteiger partial charge in [-0.25, -0.2) is 13.2 Å². The highest BCUT2D eigenvalue weighted by Crippen LogP contribution is 2.29. The molecule has 0 bridgehead atoms. The second kappa shape index (κ2) is 7.34. The van der Waals surface area contributed by atoms with Gasteiger partial charge >= 0.3 is 5.97 Å². The van der Waals surface area contributed by atoms with Crippen LogP contribution in [0.1, 0.15) is 48.0 Å². The van der Waals surface area contributed by atoms with Gasteiger partial charge in [0, 0.05) is 11.8 Å². The van der Waals surface area contributed by atoms with Gasteiger partial charge in [0.2, 0.25) is 0 Å². The van der Waals surface area contributed by atoms with Crippen molar-refractivity contribution < 1.29 is 22.7 Å². The molecule has 1 aromatic carbocycles. The van der Waals surface area contributed by atoms with Crippen molar-refractivity contribution in [2.24, 2.45) is 0 Å². The molecule has 1 amide bonds. The molecule has 6 nitrogen and oxygen atoms in total. The van der Waals surface area contributed by atoms with Crippen LogP contribution in [0.2, 0.25) is 0 Å². The third-order valence-electron chi connectivity index (χ3n) is 4.25. The number of ether oxygens (including phenoxy) is 1. The molecule has 0 aliphatic heterocycles. The highest BCUT2D eigenvalue weighted by Gasteiger charge is 2.42. The first-order valence-electron chi connectivity index (χ1n) is 7.93. The van der Waals surface area contributed by atoms with Crippen LogP contribution in [0.3, 0.4) is 0 Å². The smallest absolute Gasteiger partial charge is 0.331 e. The zero-order chi connectivity index (χ0) is 17.8. The van der Waals surface area contributed by atoms with E-state index in [1.54, 1.807) is 24.3 Å². The van der Waals surface area contributed by atoms with Gasteiger partial charge in [-0.1, -0.05) is 31.4 Å². The van der Waals surface area contributed by atoms with Gasteiger partial charge in [-0.2, -0.15) is 0 Å². The predicted molar refractivity (Wildman–Crippen MR) is 90.3 cm³/mol. The van der Waals surface area contributed by atoms with E-state index in [2.05, 4.69) is 5.32 Å². The van der Waals surface area contributed by atoms with E-state index in [-0.39, 0.29) is 5.75 Å². The molecule has 2 rings (SSSR count). The molecule has 132 valence electrons. The van der Waals surface area contributed by atoms with Gasteiger partial charge in [0.15, 0.2) is 9.84 Å². The average molecular weight is 353 g/mol. The average Bonchev–Trinajstić information content (AvgIpc) is 2.53. The number of benzene rings is 1. The minimum atomic E-state index is -3.18. The third kappa shape index (κ3) is 4.56. The summed E-state index contributed by atoms with van der Waals surface area (Å²) < 4.78 is 27.7. The molecular weight excluding hydrogens is 330 g/mol. The first-order valence-corrected chi connectivity index (χ1v) is 9.99. The number of nitrogens with one attached hydrogen (secondary N) is 1. The van der Waals surface area contributed by atoms with Gasteiger partial charge in [-0.3, -0.25) is 4.79 Å². The maximum absolute atomic E-state index is 12.6. The molecule has 7 heteroatoms. The van der Waals surface area contributed by atoms with Crippen LogP contribution in [-0.4, -0.2) is 39.2 Å². The van der Waals surface area contributed by atoms with Gasteiger partial charge in [-0.05, 0) is 30.5 Å². The molecule has 0 atom stereocenters. The van der Waals surface area contributed by atoms with Crippen molar-refractivity contribution >= 4 is 21.7 Å². The van der Waals surface area contributed by atoms with Crippen molar-refractivity contribution in [3.8, 4) is 0 Å². The van der Waals surface area contributed by atoms with E-state index in [9.17, 15) is 18.0 Å². The summed E-state index contributed by atoms with van der Waals surface area (Å²) in [5.41, 5.74) is -0.109. The summed E-state index contributed by atoms with van der Waals surface area (Å²) in [6.07, 6.45) is 4.97. The van der Waals surface area contributed by atoms with Crippen LogP contribution >= 0.6 is 0 Å². The molecular formula is C17H23NO5S. The number of esters is 1. The fraction of sp³-hybridized carbons (Fsp3) is 0.529. The van der Waals surface area contributed by atoms with Crippen LogP contribution in [0.25, 0.3) is 0 Å². The summed E-state index contributed by atoms with van der Waals surface area (Å²) >= 11 is 0. The van der Waals surface area contributed by atoms with Crippen LogP contribution in [0, 0.1) is 0 Å². The fourth-order valence-electron chi connectivity index (χ4n) is 3.13.